The van der Waals surface area contributed by atoms with Crippen molar-refractivity contribution in [2.24, 2.45) is 0 Å². The summed E-state index contributed by atoms with van der Waals surface area (Å²) in [6.07, 6.45) is 2.60. The minimum Gasteiger partial charge on any atom is -0.465 e. The topological polar surface area (TPSA) is 67.4 Å². The van der Waals surface area contributed by atoms with Crippen molar-refractivity contribution >= 4 is 12.0 Å². The molecular weight excluding hydrogens is 220 g/mol. The summed E-state index contributed by atoms with van der Waals surface area (Å²) < 4.78 is 4.72. The summed E-state index contributed by atoms with van der Waals surface area (Å²) in [4.78, 5) is 22.7. The molecule has 5 heteroatoms. The Labute approximate surface area is 103 Å². The first-order chi connectivity index (χ1) is 8.03. The van der Waals surface area contributed by atoms with Gasteiger partial charge in [-0.25, -0.2) is 4.79 Å². The third-order valence-electron chi connectivity index (χ3n) is 3.11. The fraction of sp³-hybridized carbons (Fsp3) is 0.833. The van der Waals surface area contributed by atoms with Gasteiger partial charge in [0.25, 0.3) is 0 Å². The van der Waals surface area contributed by atoms with Crippen LogP contribution in [0.2, 0.25) is 0 Å². The zero-order chi connectivity index (χ0) is 13.3. The molecule has 0 radical (unpaired) electrons. The number of nitrogens with one attached hydrogen (secondary N) is 2. The highest BCUT2D eigenvalue weighted by molar-refractivity contribution is 5.81. The normalized spacial score (nSPS) is 10.8. The van der Waals surface area contributed by atoms with Gasteiger partial charge in [-0.2, -0.15) is 0 Å². The average molecular weight is 244 g/mol. The lowest BCUT2D eigenvalue weighted by Crippen LogP contribution is -2.52. The van der Waals surface area contributed by atoms with Gasteiger partial charge >= 0.3 is 12.0 Å². The van der Waals surface area contributed by atoms with Crippen molar-refractivity contribution in [1.29, 1.82) is 0 Å². The van der Waals surface area contributed by atoms with E-state index in [9.17, 15) is 9.59 Å². The number of hydrogen-bond donors (Lipinski definition) is 2. The monoisotopic (exact) mass is 244 g/mol. The van der Waals surface area contributed by atoms with Crippen molar-refractivity contribution in [2.45, 2.75) is 52.5 Å². The SMILES string of the molecule is CCOC(=O)CNC(=O)NC(CC)(CC)CC. The summed E-state index contributed by atoms with van der Waals surface area (Å²) in [5, 5.41) is 5.42. The van der Waals surface area contributed by atoms with Crippen LogP contribution in [0.3, 0.4) is 0 Å². The molecule has 17 heavy (non-hydrogen) atoms. The Hall–Kier alpha value is -1.26. The lowest BCUT2D eigenvalue weighted by molar-refractivity contribution is -0.141. The molecule has 0 aromatic rings. The molecule has 0 aromatic heterocycles. The van der Waals surface area contributed by atoms with Crippen LogP contribution in [0.15, 0.2) is 0 Å². The zero-order valence-electron chi connectivity index (χ0n) is 11.3. The summed E-state index contributed by atoms with van der Waals surface area (Å²) in [5.74, 6) is -0.419. The maximum Gasteiger partial charge on any atom is 0.325 e. The van der Waals surface area contributed by atoms with Crippen molar-refractivity contribution in [3.8, 4) is 0 Å². The number of ether oxygens (including phenoxy) is 1. The van der Waals surface area contributed by atoms with Crippen molar-refractivity contribution < 1.29 is 14.3 Å². The van der Waals surface area contributed by atoms with E-state index in [2.05, 4.69) is 10.6 Å². The van der Waals surface area contributed by atoms with Gasteiger partial charge < -0.3 is 15.4 Å². The van der Waals surface area contributed by atoms with Gasteiger partial charge in [0, 0.05) is 5.54 Å². The summed E-state index contributed by atoms with van der Waals surface area (Å²) in [6, 6.07) is -0.316. The molecule has 0 aliphatic heterocycles. The van der Waals surface area contributed by atoms with Crippen molar-refractivity contribution in [3.05, 3.63) is 0 Å². The largest absolute Gasteiger partial charge is 0.465 e. The maximum absolute atomic E-state index is 11.6. The molecule has 0 aliphatic rings. The molecule has 0 spiro atoms. The molecule has 0 saturated carbocycles. The number of esters is 1. The molecule has 5 nitrogen and oxygen atoms in total. The molecule has 100 valence electrons. The first kappa shape index (κ1) is 15.7. The third kappa shape index (κ3) is 5.56. The summed E-state index contributed by atoms with van der Waals surface area (Å²) in [7, 11) is 0. The maximum atomic E-state index is 11.6. The number of hydrogen-bond acceptors (Lipinski definition) is 3. The van der Waals surface area contributed by atoms with E-state index in [1.807, 2.05) is 20.8 Å². The van der Waals surface area contributed by atoms with Crippen LogP contribution >= 0.6 is 0 Å². The Morgan fingerprint density at radius 3 is 2.00 bits per heavy atom. The summed E-state index contributed by atoms with van der Waals surface area (Å²) in [5.41, 5.74) is -0.182. The van der Waals surface area contributed by atoms with Gasteiger partial charge in [-0.15, -0.1) is 0 Å². The predicted octanol–water partition coefficient (Wildman–Crippen LogP) is 1.82. The molecule has 0 aliphatic carbocycles. The third-order valence-corrected chi connectivity index (χ3v) is 3.11. The van der Waals surface area contributed by atoms with Crippen molar-refractivity contribution in [1.82, 2.24) is 10.6 Å². The second kappa shape index (κ2) is 7.92. The van der Waals surface area contributed by atoms with E-state index in [0.717, 1.165) is 19.3 Å². The fourth-order valence-electron chi connectivity index (χ4n) is 1.66. The van der Waals surface area contributed by atoms with E-state index in [0.29, 0.717) is 6.61 Å². The molecular formula is C12H24N2O3. The molecule has 0 heterocycles. The lowest BCUT2D eigenvalue weighted by Gasteiger charge is -2.31. The van der Waals surface area contributed by atoms with Gasteiger partial charge in [-0.05, 0) is 26.2 Å². The number of amides is 2. The second-order valence-electron chi connectivity index (χ2n) is 3.95. The highest BCUT2D eigenvalue weighted by Crippen LogP contribution is 2.18. The second-order valence-corrected chi connectivity index (χ2v) is 3.95. The van der Waals surface area contributed by atoms with Gasteiger partial charge in [0.05, 0.1) is 6.61 Å². The highest BCUT2D eigenvalue weighted by atomic mass is 16.5. The molecule has 2 N–H and O–H groups in total. The zero-order valence-corrected chi connectivity index (χ0v) is 11.3. The molecule has 0 unspecified atom stereocenters. The first-order valence-electron chi connectivity index (χ1n) is 6.25. The summed E-state index contributed by atoms with van der Waals surface area (Å²) in [6.45, 7) is 8.09. The average Bonchev–Trinajstić information content (AvgIpc) is 2.34. The van der Waals surface area contributed by atoms with Crippen LogP contribution in [0.1, 0.15) is 47.0 Å². The molecule has 0 saturated heterocycles. The Kier molecular flexibility index (Phi) is 7.34. The Morgan fingerprint density at radius 2 is 1.59 bits per heavy atom. The Morgan fingerprint density at radius 1 is 1.06 bits per heavy atom. The molecule has 0 atom stereocenters. The van der Waals surface area contributed by atoms with Crippen molar-refractivity contribution in [2.75, 3.05) is 13.2 Å². The van der Waals surface area contributed by atoms with Crippen LogP contribution in [0, 0.1) is 0 Å². The van der Waals surface area contributed by atoms with Crippen LogP contribution < -0.4 is 10.6 Å². The molecule has 0 bridgehead atoms. The van der Waals surface area contributed by atoms with E-state index in [4.69, 9.17) is 4.74 Å². The van der Waals surface area contributed by atoms with Crippen LogP contribution in [-0.2, 0) is 9.53 Å². The standard InChI is InChI=1S/C12H24N2O3/c1-5-12(6-2,7-3)14-11(16)13-9-10(15)17-8-4/h5-9H2,1-4H3,(H2,13,14,16). The van der Waals surface area contributed by atoms with Gasteiger partial charge in [0.1, 0.15) is 6.54 Å². The minimum atomic E-state index is -0.419. The van der Waals surface area contributed by atoms with Gasteiger partial charge in [-0.3, -0.25) is 4.79 Å². The quantitative estimate of drug-likeness (QED) is 0.671. The number of carbonyl (C=O) groups excluding carboxylic acids is 2. The smallest absolute Gasteiger partial charge is 0.325 e. The van der Waals surface area contributed by atoms with Gasteiger partial charge in [0.15, 0.2) is 0 Å². The Balaban J connectivity index is 4.11. The van der Waals surface area contributed by atoms with Gasteiger partial charge in [-0.1, -0.05) is 20.8 Å². The summed E-state index contributed by atoms with van der Waals surface area (Å²) >= 11 is 0. The van der Waals surface area contributed by atoms with Crippen LogP contribution in [0.5, 0.6) is 0 Å². The predicted molar refractivity (Wildman–Crippen MR) is 66.8 cm³/mol. The lowest BCUT2D eigenvalue weighted by atomic mass is 9.90. The van der Waals surface area contributed by atoms with E-state index >= 15 is 0 Å². The number of urea groups is 1. The molecule has 0 fully saturated rings. The van der Waals surface area contributed by atoms with E-state index < -0.39 is 5.97 Å². The highest BCUT2D eigenvalue weighted by Gasteiger charge is 2.25. The fourth-order valence-corrected chi connectivity index (χ4v) is 1.66. The van der Waals surface area contributed by atoms with Crippen LogP contribution in [0.25, 0.3) is 0 Å². The van der Waals surface area contributed by atoms with Crippen LogP contribution in [0.4, 0.5) is 4.79 Å². The molecule has 0 rings (SSSR count). The first-order valence-corrected chi connectivity index (χ1v) is 6.25. The van der Waals surface area contributed by atoms with E-state index in [1.54, 1.807) is 6.92 Å². The van der Waals surface area contributed by atoms with Crippen LogP contribution in [-0.4, -0.2) is 30.7 Å². The van der Waals surface area contributed by atoms with Crippen molar-refractivity contribution in [3.63, 3.8) is 0 Å². The molecule has 2 amide bonds. The number of carbonyl (C=O) groups is 2. The number of rotatable bonds is 7. The molecule has 0 aromatic carbocycles. The van der Waals surface area contributed by atoms with E-state index in [1.165, 1.54) is 0 Å². The minimum absolute atomic E-state index is 0.0904. The van der Waals surface area contributed by atoms with E-state index in [-0.39, 0.29) is 18.1 Å². The van der Waals surface area contributed by atoms with Gasteiger partial charge in [0.2, 0.25) is 0 Å². The Bertz CT molecular complexity index is 242.